The van der Waals surface area contributed by atoms with E-state index >= 15 is 0 Å². The van der Waals surface area contributed by atoms with E-state index in [1.54, 1.807) is 6.92 Å². The molecule has 0 radical (unpaired) electrons. The third kappa shape index (κ3) is 4.50. The van der Waals surface area contributed by atoms with Crippen molar-refractivity contribution in [2.24, 2.45) is 0 Å². The maximum atomic E-state index is 11.5. The minimum atomic E-state index is -1.29. The van der Waals surface area contributed by atoms with Crippen LogP contribution < -0.4 is 4.74 Å². The first-order valence-electron chi connectivity index (χ1n) is 10.3. The van der Waals surface area contributed by atoms with Gasteiger partial charge in [0.1, 0.15) is 18.0 Å². The lowest BCUT2D eigenvalue weighted by molar-refractivity contribution is -0.149. The molecule has 1 aromatic rings. The summed E-state index contributed by atoms with van der Waals surface area (Å²) in [6, 6.07) is 4.43. The molecule has 0 aromatic heterocycles. The number of likely N-dealkylation sites (tertiary alicyclic amines) is 2. The first kappa shape index (κ1) is 21.1. The van der Waals surface area contributed by atoms with Gasteiger partial charge in [-0.15, -0.1) is 0 Å². The van der Waals surface area contributed by atoms with Gasteiger partial charge >= 0.3 is 0 Å². The highest BCUT2D eigenvalue weighted by atomic mass is 16.5. The van der Waals surface area contributed by atoms with E-state index in [1.165, 1.54) is 0 Å². The number of rotatable bonds is 4. The Bertz CT molecular complexity index is 715. The Balaban J connectivity index is 1.64. The van der Waals surface area contributed by atoms with Gasteiger partial charge in [0.25, 0.3) is 0 Å². The van der Waals surface area contributed by atoms with E-state index in [-0.39, 0.29) is 12.5 Å². The summed E-state index contributed by atoms with van der Waals surface area (Å²) in [6.45, 7) is 10.4. The first-order valence-corrected chi connectivity index (χ1v) is 10.3. The summed E-state index contributed by atoms with van der Waals surface area (Å²) in [5.74, 6) is 0.895. The van der Waals surface area contributed by atoms with Crippen molar-refractivity contribution >= 4 is 5.91 Å². The second-order valence-corrected chi connectivity index (χ2v) is 8.61. The van der Waals surface area contributed by atoms with Gasteiger partial charge in [0.05, 0.1) is 6.10 Å². The summed E-state index contributed by atoms with van der Waals surface area (Å²) in [5.41, 5.74) is 2.05. The van der Waals surface area contributed by atoms with Crippen LogP contribution in [0.1, 0.15) is 42.9 Å². The van der Waals surface area contributed by atoms with E-state index in [4.69, 9.17) is 4.74 Å². The molecule has 6 nitrogen and oxygen atoms in total. The molecule has 1 amide bonds. The average molecular weight is 391 g/mol. The normalized spacial score (nSPS) is 27.1. The van der Waals surface area contributed by atoms with Crippen molar-refractivity contribution in [1.82, 2.24) is 9.80 Å². The fraction of sp³-hybridized carbons (Fsp3) is 0.682. The molecule has 2 atom stereocenters. The molecular weight excluding hydrogens is 356 g/mol. The highest BCUT2D eigenvalue weighted by Crippen LogP contribution is 2.29. The van der Waals surface area contributed by atoms with Crippen molar-refractivity contribution in [2.45, 2.75) is 64.7 Å². The van der Waals surface area contributed by atoms with Gasteiger partial charge in [-0.1, -0.05) is 6.07 Å². The summed E-state index contributed by atoms with van der Waals surface area (Å²) < 4.78 is 6.01. The van der Waals surface area contributed by atoms with Gasteiger partial charge in [0.15, 0.2) is 0 Å². The molecule has 2 N–H and O–H groups in total. The zero-order valence-corrected chi connectivity index (χ0v) is 17.6. The lowest BCUT2D eigenvalue weighted by Crippen LogP contribution is -2.62. The molecule has 2 saturated heterocycles. The van der Waals surface area contributed by atoms with E-state index in [1.807, 2.05) is 24.8 Å². The third-order valence-electron chi connectivity index (χ3n) is 6.45. The Kier molecular flexibility index (Phi) is 6.32. The van der Waals surface area contributed by atoms with Gasteiger partial charge < -0.3 is 19.8 Å². The van der Waals surface area contributed by atoms with Crippen LogP contribution in [-0.2, 0) is 4.79 Å². The molecule has 2 aliphatic rings. The van der Waals surface area contributed by atoms with Gasteiger partial charge in [0, 0.05) is 39.1 Å². The lowest BCUT2D eigenvalue weighted by atomic mass is 9.88. The number of piperidine rings is 2. The van der Waals surface area contributed by atoms with Crippen LogP contribution in [0.4, 0.5) is 0 Å². The molecule has 0 saturated carbocycles. The molecule has 2 aliphatic heterocycles. The van der Waals surface area contributed by atoms with E-state index in [0.29, 0.717) is 19.0 Å². The van der Waals surface area contributed by atoms with E-state index in [0.717, 1.165) is 54.9 Å². The van der Waals surface area contributed by atoms with Crippen LogP contribution in [0.5, 0.6) is 5.75 Å². The van der Waals surface area contributed by atoms with E-state index < -0.39 is 11.7 Å². The predicted molar refractivity (Wildman–Crippen MR) is 109 cm³/mol. The average Bonchev–Trinajstić information content (AvgIpc) is 2.66. The van der Waals surface area contributed by atoms with Crippen molar-refractivity contribution in [3.05, 3.63) is 28.8 Å². The minimum absolute atomic E-state index is 0.0701. The van der Waals surface area contributed by atoms with Crippen LogP contribution in [0.15, 0.2) is 12.1 Å². The van der Waals surface area contributed by atoms with E-state index in [9.17, 15) is 15.0 Å². The SMILES string of the molecule is CC(=O)N1CCC(N2CC[C@H](O)[C@@](O)(COc3cc(C)cc(C)c3C)C2)CC1. The highest BCUT2D eigenvalue weighted by Gasteiger charge is 2.44. The number of nitrogens with zero attached hydrogens (tertiary/aromatic N) is 2. The Labute approximate surface area is 168 Å². The van der Waals surface area contributed by atoms with Crippen molar-refractivity contribution < 1.29 is 19.7 Å². The number of carbonyl (C=O) groups is 1. The molecule has 0 unspecified atom stereocenters. The molecule has 1 aromatic carbocycles. The molecule has 28 heavy (non-hydrogen) atoms. The quantitative estimate of drug-likeness (QED) is 0.820. The Morgan fingerprint density at radius 2 is 1.86 bits per heavy atom. The number of amides is 1. The molecule has 0 aliphatic carbocycles. The Morgan fingerprint density at radius 3 is 2.50 bits per heavy atom. The van der Waals surface area contributed by atoms with Gasteiger partial charge in [-0.3, -0.25) is 9.69 Å². The molecule has 2 fully saturated rings. The van der Waals surface area contributed by atoms with Crippen LogP contribution in [0.3, 0.4) is 0 Å². The molecule has 2 heterocycles. The first-order chi connectivity index (χ1) is 13.2. The smallest absolute Gasteiger partial charge is 0.219 e. The van der Waals surface area contributed by atoms with Crippen LogP contribution in [0.2, 0.25) is 0 Å². The topological polar surface area (TPSA) is 73.2 Å². The number of aliphatic hydroxyl groups excluding tert-OH is 1. The molecule has 6 heteroatoms. The number of aliphatic hydroxyl groups is 2. The van der Waals surface area contributed by atoms with Crippen LogP contribution in [-0.4, -0.2) is 76.5 Å². The summed E-state index contributed by atoms with van der Waals surface area (Å²) in [4.78, 5) is 15.7. The van der Waals surface area contributed by atoms with Gasteiger partial charge in [-0.2, -0.15) is 0 Å². The summed E-state index contributed by atoms with van der Waals surface area (Å²) in [7, 11) is 0. The predicted octanol–water partition coefficient (Wildman–Crippen LogP) is 1.80. The van der Waals surface area contributed by atoms with Crippen molar-refractivity contribution in [1.29, 1.82) is 0 Å². The van der Waals surface area contributed by atoms with E-state index in [2.05, 4.69) is 17.9 Å². The van der Waals surface area contributed by atoms with Gasteiger partial charge in [-0.25, -0.2) is 0 Å². The van der Waals surface area contributed by atoms with Crippen molar-refractivity contribution in [3.8, 4) is 5.75 Å². The molecule has 0 spiro atoms. The number of ether oxygens (including phenoxy) is 1. The summed E-state index contributed by atoms with van der Waals surface area (Å²) >= 11 is 0. The maximum Gasteiger partial charge on any atom is 0.219 e. The molecule has 3 rings (SSSR count). The van der Waals surface area contributed by atoms with Crippen LogP contribution >= 0.6 is 0 Å². The van der Waals surface area contributed by atoms with Crippen LogP contribution in [0, 0.1) is 20.8 Å². The number of β-amino-alcohol motifs (C(OH)–C–C–N with tert-alkyl or cyclic N) is 1. The number of aryl methyl sites for hydroxylation is 2. The van der Waals surface area contributed by atoms with Crippen LogP contribution in [0.25, 0.3) is 0 Å². The Hall–Kier alpha value is -1.63. The summed E-state index contributed by atoms with van der Waals surface area (Å²) in [5, 5.41) is 21.7. The number of hydrogen-bond acceptors (Lipinski definition) is 5. The van der Waals surface area contributed by atoms with Gasteiger partial charge in [0.2, 0.25) is 5.91 Å². The standard InChI is InChI=1S/C22H34N2O4/c1-15-11-16(2)17(3)20(12-15)28-14-22(27)13-24(10-7-21(22)26)19-5-8-23(9-6-19)18(4)25/h11-12,19,21,26-27H,5-10,13-14H2,1-4H3/t21-,22-/m0/s1. The fourth-order valence-electron chi connectivity index (χ4n) is 4.45. The molecular formula is C22H34N2O4. The minimum Gasteiger partial charge on any atom is -0.490 e. The van der Waals surface area contributed by atoms with Crippen molar-refractivity contribution in [3.63, 3.8) is 0 Å². The monoisotopic (exact) mass is 390 g/mol. The highest BCUT2D eigenvalue weighted by molar-refractivity contribution is 5.73. The second-order valence-electron chi connectivity index (χ2n) is 8.61. The number of benzene rings is 1. The third-order valence-corrected chi connectivity index (χ3v) is 6.45. The van der Waals surface area contributed by atoms with Gasteiger partial charge in [-0.05, 0) is 62.8 Å². The molecule has 156 valence electrons. The number of hydrogen-bond donors (Lipinski definition) is 2. The second kappa shape index (κ2) is 8.39. The number of carbonyl (C=O) groups excluding carboxylic acids is 1. The fourth-order valence-corrected chi connectivity index (χ4v) is 4.45. The largest absolute Gasteiger partial charge is 0.490 e. The van der Waals surface area contributed by atoms with Crippen molar-refractivity contribution in [2.75, 3.05) is 32.8 Å². The zero-order valence-electron chi connectivity index (χ0n) is 17.6. The Morgan fingerprint density at radius 1 is 1.18 bits per heavy atom. The summed E-state index contributed by atoms with van der Waals surface area (Å²) in [6.07, 6.45) is 1.54. The molecule has 0 bridgehead atoms. The lowest BCUT2D eigenvalue weighted by Gasteiger charge is -2.47. The maximum absolute atomic E-state index is 11.5. The zero-order chi connectivity index (χ0) is 20.5.